The van der Waals surface area contributed by atoms with Crippen LogP contribution in [0.1, 0.15) is 35.0 Å². The lowest BCUT2D eigenvalue weighted by Gasteiger charge is -2.25. The first-order valence-corrected chi connectivity index (χ1v) is 8.55. The van der Waals surface area contributed by atoms with Crippen LogP contribution in [0.15, 0.2) is 30.3 Å². The number of rotatable bonds is 5. The number of hydrogen-bond donors (Lipinski definition) is 2. The van der Waals surface area contributed by atoms with Gasteiger partial charge in [0.05, 0.1) is 4.88 Å². The third-order valence-corrected chi connectivity index (χ3v) is 5.74. The number of carboxylic acid groups (broad SMARTS) is 1. The van der Waals surface area contributed by atoms with Gasteiger partial charge in [0.25, 0.3) is 5.91 Å². The van der Waals surface area contributed by atoms with Crippen molar-refractivity contribution in [3.8, 4) is 10.4 Å². The van der Waals surface area contributed by atoms with E-state index in [0.29, 0.717) is 4.88 Å². The quantitative estimate of drug-likeness (QED) is 0.863. The Kier molecular flexibility index (Phi) is 4.17. The summed E-state index contributed by atoms with van der Waals surface area (Å²) in [5.74, 6) is -1.72. The molecule has 2 aromatic rings. The van der Waals surface area contributed by atoms with E-state index in [1.807, 2.05) is 6.92 Å². The van der Waals surface area contributed by atoms with Crippen molar-refractivity contribution in [2.24, 2.45) is 5.92 Å². The normalized spacial score (nSPS) is 16.5. The highest BCUT2D eigenvalue weighted by Gasteiger charge is 2.48. The van der Waals surface area contributed by atoms with Crippen LogP contribution in [0.3, 0.4) is 0 Å². The third-order valence-electron chi connectivity index (χ3n) is 4.46. The topological polar surface area (TPSA) is 66.4 Å². The molecule has 0 aliphatic heterocycles. The lowest BCUT2D eigenvalue weighted by Crippen LogP contribution is -2.53. The first-order valence-electron chi connectivity index (χ1n) is 7.73. The monoisotopic (exact) mass is 347 g/mol. The number of carbonyl (C=O) groups excluding carboxylic acids is 1. The minimum absolute atomic E-state index is 0.0171. The van der Waals surface area contributed by atoms with E-state index in [9.17, 15) is 19.1 Å². The predicted octanol–water partition coefficient (Wildman–Crippen LogP) is 3.85. The molecule has 0 bridgehead atoms. The minimum Gasteiger partial charge on any atom is -0.480 e. The van der Waals surface area contributed by atoms with Gasteiger partial charge in [0, 0.05) is 4.88 Å². The van der Waals surface area contributed by atoms with Crippen molar-refractivity contribution in [3.63, 3.8) is 0 Å². The van der Waals surface area contributed by atoms with E-state index in [0.717, 1.165) is 28.8 Å². The predicted molar refractivity (Wildman–Crippen MR) is 90.7 cm³/mol. The van der Waals surface area contributed by atoms with Gasteiger partial charge in [-0.15, -0.1) is 11.3 Å². The molecule has 3 rings (SSSR count). The maximum Gasteiger partial charge on any atom is 0.329 e. The second-order valence-electron chi connectivity index (χ2n) is 6.37. The van der Waals surface area contributed by atoms with Crippen molar-refractivity contribution in [3.05, 3.63) is 46.6 Å². The molecule has 6 heteroatoms. The number of carboxylic acids is 1. The first-order chi connectivity index (χ1) is 11.3. The van der Waals surface area contributed by atoms with Gasteiger partial charge in [0.1, 0.15) is 11.4 Å². The highest BCUT2D eigenvalue weighted by atomic mass is 32.1. The fourth-order valence-electron chi connectivity index (χ4n) is 2.77. The third kappa shape index (κ3) is 3.06. The maximum absolute atomic E-state index is 13.1. The Hall–Kier alpha value is -2.21. The van der Waals surface area contributed by atoms with Crippen molar-refractivity contribution in [2.75, 3.05) is 0 Å². The van der Waals surface area contributed by atoms with Crippen LogP contribution in [-0.2, 0) is 4.79 Å². The van der Waals surface area contributed by atoms with E-state index in [2.05, 4.69) is 5.32 Å². The van der Waals surface area contributed by atoms with Crippen molar-refractivity contribution in [2.45, 2.75) is 32.2 Å². The lowest BCUT2D eigenvalue weighted by molar-refractivity contribution is -0.144. The Morgan fingerprint density at radius 1 is 1.29 bits per heavy atom. The van der Waals surface area contributed by atoms with Crippen molar-refractivity contribution in [1.82, 2.24) is 5.32 Å². The second-order valence-corrected chi connectivity index (χ2v) is 7.42. The van der Waals surface area contributed by atoms with E-state index in [-0.39, 0.29) is 17.6 Å². The number of aryl methyl sites for hydroxylation is 1. The Bertz CT molecular complexity index is 795. The van der Waals surface area contributed by atoms with Gasteiger partial charge in [-0.3, -0.25) is 4.79 Å². The molecule has 0 saturated heterocycles. The Morgan fingerprint density at radius 3 is 2.46 bits per heavy atom. The summed E-state index contributed by atoms with van der Waals surface area (Å²) in [5, 5.41) is 12.1. The summed E-state index contributed by atoms with van der Waals surface area (Å²) in [6.07, 6.45) is 1.63. The molecule has 4 nitrogen and oxygen atoms in total. The fraction of sp³-hybridized carbons (Fsp3) is 0.333. The van der Waals surface area contributed by atoms with Crippen LogP contribution >= 0.6 is 11.3 Å². The molecule has 126 valence electrons. The molecule has 1 aromatic heterocycles. The van der Waals surface area contributed by atoms with Gasteiger partial charge in [0.15, 0.2) is 0 Å². The van der Waals surface area contributed by atoms with Gasteiger partial charge in [-0.1, -0.05) is 12.1 Å². The van der Waals surface area contributed by atoms with Crippen molar-refractivity contribution in [1.29, 1.82) is 0 Å². The number of nitrogens with one attached hydrogen (secondary N) is 1. The highest BCUT2D eigenvalue weighted by Crippen LogP contribution is 2.40. The minimum atomic E-state index is -1.23. The summed E-state index contributed by atoms with van der Waals surface area (Å²) in [6, 6.07) is 7.84. The zero-order valence-electron chi connectivity index (χ0n) is 13.4. The molecule has 2 N–H and O–H groups in total. The van der Waals surface area contributed by atoms with Crippen LogP contribution in [-0.4, -0.2) is 22.5 Å². The summed E-state index contributed by atoms with van der Waals surface area (Å²) >= 11 is 1.28. The summed E-state index contributed by atoms with van der Waals surface area (Å²) < 4.78 is 13.1. The first kappa shape index (κ1) is 16.6. The smallest absolute Gasteiger partial charge is 0.329 e. The van der Waals surface area contributed by atoms with Crippen LogP contribution in [0.5, 0.6) is 0 Å². The number of hydrogen-bond acceptors (Lipinski definition) is 3. The molecule has 0 radical (unpaired) electrons. The van der Waals surface area contributed by atoms with Crippen LogP contribution < -0.4 is 5.32 Å². The van der Waals surface area contributed by atoms with Crippen LogP contribution in [0.4, 0.5) is 4.39 Å². The molecule has 1 unspecified atom stereocenters. The van der Waals surface area contributed by atoms with E-state index in [1.54, 1.807) is 25.1 Å². The summed E-state index contributed by atoms with van der Waals surface area (Å²) in [4.78, 5) is 25.4. The summed E-state index contributed by atoms with van der Waals surface area (Å²) in [7, 11) is 0. The molecular formula is C18H18FNO3S. The number of carbonyl (C=O) groups is 2. The zero-order chi connectivity index (χ0) is 17.5. The average Bonchev–Trinajstić information content (AvgIpc) is 3.31. The average molecular weight is 347 g/mol. The number of amides is 1. The highest BCUT2D eigenvalue weighted by molar-refractivity contribution is 7.17. The number of benzene rings is 1. The molecule has 1 heterocycles. The van der Waals surface area contributed by atoms with E-state index in [4.69, 9.17) is 0 Å². The Balaban J connectivity index is 1.85. The molecule has 24 heavy (non-hydrogen) atoms. The van der Waals surface area contributed by atoms with Gasteiger partial charge in [-0.05, 0) is 61.9 Å². The van der Waals surface area contributed by atoms with E-state index >= 15 is 0 Å². The molecular weight excluding hydrogens is 329 g/mol. The molecule has 0 spiro atoms. The maximum atomic E-state index is 13.1. The second kappa shape index (κ2) is 6.02. The summed E-state index contributed by atoms with van der Waals surface area (Å²) in [6.45, 7) is 3.44. The van der Waals surface area contributed by atoms with Crippen molar-refractivity contribution < 1.29 is 19.1 Å². The van der Waals surface area contributed by atoms with E-state index in [1.165, 1.54) is 23.5 Å². The number of thiophene rings is 1. The Morgan fingerprint density at radius 2 is 1.92 bits per heavy atom. The molecule has 1 fully saturated rings. The summed E-state index contributed by atoms with van der Waals surface area (Å²) in [5.41, 5.74) is 0.506. The zero-order valence-corrected chi connectivity index (χ0v) is 14.2. The molecule has 1 aliphatic rings. The van der Waals surface area contributed by atoms with Gasteiger partial charge in [-0.2, -0.15) is 0 Å². The van der Waals surface area contributed by atoms with Gasteiger partial charge >= 0.3 is 5.97 Å². The fourth-order valence-corrected chi connectivity index (χ4v) is 3.84. The molecule has 1 atom stereocenters. The number of aliphatic carboxylic acids is 1. The van der Waals surface area contributed by atoms with Gasteiger partial charge in [0.2, 0.25) is 0 Å². The molecule has 1 aromatic carbocycles. The molecule has 1 saturated carbocycles. The van der Waals surface area contributed by atoms with Gasteiger partial charge in [-0.25, -0.2) is 9.18 Å². The number of halogens is 1. The molecule has 1 aliphatic carbocycles. The Labute approximate surface area is 143 Å². The molecule has 1 amide bonds. The lowest BCUT2D eigenvalue weighted by atomic mass is 9.96. The van der Waals surface area contributed by atoms with Gasteiger partial charge < -0.3 is 10.4 Å². The van der Waals surface area contributed by atoms with Crippen molar-refractivity contribution >= 4 is 23.2 Å². The largest absolute Gasteiger partial charge is 0.480 e. The van der Waals surface area contributed by atoms with Crippen LogP contribution in [0, 0.1) is 18.7 Å². The standard InChI is InChI=1S/C18H18FNO3S/c1-10-9-14(24-15(10)11-3-7-13(19)8-4-11)16(21)20-18(2,17(22)23)12-5-6-12/h3-4,7-9,12H,5-6H2,1-2H3,(H,20,21)(H,22,23). The van der Waals surface area contributed by atoms with Crippen LogP contribution in [0.25, 0.3) is 10.4 Å². The van der Waals surface area contributed by atoms with Crippen LogP contribution in [0.2, 0.25) is 0 Å². The van der Waals surface area contributed by atoms with E-state index < -0.39 is 11.5 Å². The SMILES string of the molecule is Cc1cc(C(=O)NC(C)(C(=O)O)C2CC2)sc1-c1ccc(F)cc1.